The molecule has 0 amide bonds. The lowest BCUT2D eigenvalue weighted by Crippen LogP contribution is -2.07. The summed E-state index contributed by atoms with van der Waals surface area (Å²) in [7, 11) is 0. The lowest BCUT2D eigenvalue weighted by atomic mass is 10.1. The Kier molecular flexibility index (Phi) is 4.39. The lowest BCUT2D eigenvalue weighted by molar-refractivity contribution is 0.0420. The first-order valence-electron chi connectivity index (χ1n) is 4.66. The fraction of sp³-hybridized carbons (Fsp3) is 0.455. The summed E-state index contributed by atoms with van der Waals surface area (Å²) in [5.41, 5.74) is 1.85. The molecule has 3 heteroatoms. The third-order valence-electron chi connectivity index (χ3n) is 1.93. The van der Waals surface area contributed by atoms with Crippen LogP contribution in [0.25, 0.3) is 0 Å². The fourth-order valence-corrected chi connectivity index (χ4v) is 1.58. The van der Waals surface area contributed by atoms with Crippen LogP contribution >= 0.6 is 11.6 Å². The van der Waals surface area contributed by atoms with Crippen LogP contribution in [0.1, 0.15) is 24.2 Å². The van der Waals surface area contributed by atoms with E-state index in [0.717, 1.165) is 11.1 Å². The van der Waals surface area contributed by atoms with Gasteiger partial charge in [0.05, 0.1) is 6.61 Å². The summed E-state index contributed by atoms with van der Waals surface area (Å²) in [5, 5.41) is 10.4. The summed E-state index contributed by atoms with van der Waals surface area (Å²) in [4.78, 5) is 0. The van der Waals surface area contributed by atoms with Gasteiger partial charge in [-0.05, 0) is 37.1 Å². The van der Waals surface area contributed by atoms with Gasteiger partial charge < -0.3 is 9.84 Å². The number of rotatable bonds is 4. The summed E-state index contributed by atoms with van der Waals surface area (Å²) in [6.45, 7) is 4.77. The number of hydrogen-bond acceptors (Lipinski definition) is 2. The summed E-state index contributed by atoms with van der Waals surface area (Å²) in [5.74, 6) is 0. The Morgan fingerprint density at radius 2 is 2.14 bits per heavy atom. The molecular weight excluding hydrogens is 200 g/mol. The van der Waals surface area contributed by atoms with E-state index in [-0.39, 0.29) is 0 Å². The molecule has 0 fully saturated rings. The van der Waals surface area contributed by atoms with Gasteiger partial charge in [-0.2, -0.15) is 0 Å². The van der Waals surface area contributed by atoms with E-state index < -0.39 is 6.10 Å². The Morgan fingerprint density at radius 1 is 1.43 bits per heavy atom. The highest BCUT2D eigenvalue weighted by molar-refractivity contribution is 6.30. The van der Waals surface area contributed by atoms with Crippen molar-refractivity contribution in [3.05, 3.63) is 34.3 Å². The van der Waals surface area contributed by atoms with Crippen LogP contribution in [0.3, 0.4) is 0 Å². The minimum Gasteiger partial charge on any atom is -0.386 e. The fourth-order valence-electron chi connectivity index (χ4n) is 1.28. The molecule has 0 saturated heterocycles. The molecule has 0 aliphatic heterocycles. The molecule has 1 rings (SSSR count). The molecule has 0 spiro atoms. The second-order valence-corrected chi connectivity index (χ2v) is 3.67. The van der Waals surface area contributed by atoms with Gasteiger partial charge in [0.25, 0.3) is 0 Å². The summed E-state index contributed by atoms with van der Waals surface area (Å²) < 4.78 is 5.14. The first-order valence-corrected chi connectivity index (χ1v) is 5.04. The highest BCUT2D eigenvalue weighted by Crippen LogP contribution is 2.20. The number of aryl methyl sites for hydroxylation is 1. The highest BCUT2D eigenvalue weighted by Gasteiger charge is 2.08. The van der Waals surface area contributed by atoms with Gasteiger partial charge in [-0.15, -0.1) is 0 Å². The molecule has 0 bridgehead atoms. The Morgan fingerprint density at radius 3 is 2.71 bits per heavy atom. The first-order chi connectivity index (χ1) is 6.63. The Bertz CT molecular complexity index is 279. The van der Waals surface area contributed by atoms with Crippen LogP contribution in [0, 0.1) is 6.92 Å². The maximum atomic E-state index is 9.72. The van der Waals surface area contributed by atoms with Crippen LogP contribution in [0.4, 0.5) is 0 Å². The lowest BCUT2D eigenvalue weighted by Gasteiger charge is -2.11. The van der Waals surface area contributed by atoms with Crippen LogP contribution in [-0.2, 0) is 4.74 Å². The molecule has 0 aliphatic carbocycles. The molecule has 14 heavy (non-hydrogen) atoms. The molecule has 1 unspecified atom stereocenters. The minimum atomic E-state index is -0.590. The van der Waals surface area contributed by atoms with Crippen molar-refractivity contribution in [2.75, 3.05) is 13.2 Å². The van der Waals surface area contributed by atoms with Crippen molar-refractivity contribution < 1.29 is 9.84 Å². The quantitative estimate of drug-likeness (QED) is 0.835. The zero-order valence-electron chi connectivity index (χ0n) is 8.46. The van der Waals surface area contributed by atoms with E-state index in [0.29, 0.717) is 18.2 Å². The van der Waals surface area contributed by atoms with Crippen LogP contribution in [0.15, 0.2) is 18.2 Å². The number of halogens is 1. The van der Waals surface area contributed by atoms with Crippen molar-refractivity contribution in [2.24, 2.45) is 0 Å². The zero-order valence-corrected chi connectivity index (χ0v) is 9.21. The average molecular weight is 215 g/mol. The Balaban J connectivity index is 2.73. The number of benzene rings is 1. The molecule has 1 N–H and O–H groups in total. The predicted octanol–water partition coefficient (Wildman–Crippen LogP) is 2.72. The standard InChI is InChI=1S/C11H15ClO2/c1-3-14-7-11(13)9-4-8(2)5-10(12)6-9/h4-6,11,13H,3,7H2,1-2H3. The van der Waals surface area contributed by atoms with Crippen molar-refractivity contribution in [3.8, 4) is 0 Å². The summed E-state index contributed by atoms with van der Waals surface area (Å²) >= 11 is 5.88. The number of aliphatic hydroxyl groups excluding tert-OH is 1. The van der Waals surface area contributed by atoms with Gasteiger partial charge in [0.15, 0.2) is 0 Å². The topological polar surface area (TPSA) is 29.5 Å². The van der Waals surface area contributed by atoms with E-state index in [1.165, 1.54) is 0 Å². The van der Waals surface area contributed by atoms with Gasteiger partial charge in [0.1, 0.15) is 6.10 Å². The van der Waals surface area contributed by atoms with Crippen molar-refractivity contribution in [1.82, 2.24) is 0 Å². The van der Waals surface area contributed by atoms with E-state index in [9.17, 15) is 5.11 Å². The van der Waals surface area contributed by atoms with E-state index in [2.05, 4.69) is 0 Å². The largest absolute Gasteiger partial charge is 0.386 e. The van der Waals surface area contributed by atoms with E-state index >= 15 is 0 Å². The van der Waals surface area contributed by atoms with E-state index in [1.807, 2.05) is 26.0 Å². The molecule has 78 valence electrons. The molecule has 0 heterocycles. The number of ether oxygens (including phenoxy) is 1. The molecule has 0 radical (unpaired) electrons. The molecule has 1 atom stereocenters. The average Bonchev–Trinajstić information content (AvgIpc) is 2.12. The number of aliphatic hydroxyl groups is 1. The molecule has 0 aliphatic rings. The van der Waals surface area contributed by atoms with Crippen molar-refractivity contribution >= 4 is 11.6 Å². The maximum absolute atomic E-state index is 9.72. The zero-order chi connectivity index (χ0) is 10.6. The maximum Gasteiger partial charge on any atom is 0.102 e. The van der Waals surface area contributed by atoms with Gasteiger partial charge in [-0.3, -0.25) is 0 Å². The third-order valence-corrected chi connectivity index (χ3v) is 2.15. The van der Waals surface area contributed by atoms with E-state index in [4.69, 9.17) is 16.3 Å². The van der Waals surface area contributed by atoms with Crippen LogP contribution < -0.4 is 0 Å². The SMILES string of the molecule is CCOCC(O)c1cc(C)cc(Cl)c1. The normalized spacial score (nSPS) is 12.9. The van der Waals surface area contributed by atoms with Gasteiger partial charge in [-0.25, -0.2) is 0 Å². The Hall–Kier alpha value is -0.570. The van der Waals surface area contributed by atoms with Gasteiger partial charge in [0, 0.05) is 11.6 Å². The first kappa shape index (κ1) is 11.5. The van der Waals surface area contributed by atoms with Gasteiger partial charge in [0.2, 0.25) is 0 Å². The van der Waals surface area contributed by atoms with Crippen LogP contribution in [0.5, 0.6) is 0 Å². The Labute approximate surface area is 89.5 Å². The monoisotopic (exact) mass is 214 g/mol. The second-order valence-electron chi connectivity index (χ2n) is 3.24. The second kappa shape index (κ2) is 5.35. The van der Waals surface area contributed by atoms with Gasteiger partial charge in [-0.1, -0.05) is 17.7 Å². The summed E-state index contributed by atoms with van der Waals surface area (Å²) in [6, 6.07) is 5.53. The van der Waals surface area contributed by atoms with Crippen LogP contribution in [0.2, 0.25) is 5.02 Å². The smallest absolute Gasteiger partial charge is 0.102 e. The van der Waals surface area contributed by atoms with Crippen molar-refractivity contribution in [3.63, 3.8) is 0 Å². The third kappa shape index (κ3) is 3.29. The van der Waals surface area contributed by atoms with E-state index in [1.54, 1.807) is 6.07 Å². The molecule has 0 aromatic heterocycles. The van der Waals surface area contributed by atoms with Crippen LogP contribution in [-0.4, -0.2) is 18.3 Å². The minimum absolute atomic E-state index is 0.316. The highest BCUT2D eigenvalue weighted by atomic mass is 35.5. The van der Waals surface area contributed by atoms with Gasteiger partial charge >= 0.3 is 0 Å². The summed E-state index contributed by atoms with van der Waals surface area (Å²) in [6.07, 6.45) is -0.590. The molecule has 1 aromatic carbocycles. The predicted molar refractivity (Wildman–Crippen MR) is 57.6 cm³/mol. The molecule has 1 aromatic rings. The molecule has 2 nitrogen and oxygen atoms in total. The number of hydrogen-bond donors (Lipinski definition) is 1. The van der Waals surface area contributed by atoms with Crippen molar-refractivity contribution in [2.45, 2.75) is 20.0 Å². The molecule has 0 saturated carbocycles. The molecular formula is C11H15ClO2. The van der Waals surface area contributed by atoms with Crippen molar-refractivity contribution in [1.29, 1.82) is 0 Å².